The molecular formula is C19H16F3N3O2S. The van der Waals surface area contributed by atoms with Gasteiger partial charge in [-0.15, -0.1) is 11.8 Å². The first-order valence-corrected chi connectivity index (χ1v) is 9.42. The summed E-state index contributed by atoms with van der Waals surface area (Å²) in [7, 11) is 0. The van der Waals surface area contributed by atoms with Gasteiger partial charge in [0.15, 0.2) is 0 Å². The van der Waals surface area contributed by atoms with Gasteiger partial charge in [-0.2, -0.15) is 13.2 Å². The lowest BCUT2D eigenvalue weighted by molar-refractivity contribution is -0.137. The Labute approximate surface area is 162 Å². The molecule has 5 nitrogen and oxygen atoms in total. The van der Waals surface area contributed by atoms with Crippen LogP contribution in [0.4, 0.5) is 18.9 Å². The van der Waals surface area contributed by atoms with Crippen LogP contribution in [0.5, 0.6) is 0 Å². The second kappa shape index (κ2) is 8.05. The molecule has 1 amide bonds. The molecule has 0 bridgehead atoms. The number of carbonyl (C=O) groups excluding carboxylic acids is 1. The number of amides is 1. The number of halogens is 3. The van der Waals surface area contributed by atoms with Crippen LogP contribution < -0.4 is 10.9 Å². The fourth-order valence-corrected chi connectivity index (χ4v) is 3.24. The Hall–Kier alpha value is -2.81. The highest BCUT2D eigenvalue weighted by molar-refractivity contribution is 7.99. The Morgan fingerprint density at radius 3 is 2.57 bits per heavy atom. The van der Waals surface area contributed by atoms with Crippen molar-refractivity contribution in [3.05, 3.63) is 75.8 Å². The molecule has 0 radical (unpaired) electrons. The molecule has 0 spiro atoms. The standard InChI is InChI=1S/C19H16F3N3O2S/c1-12-2-7-16-23-15(8-18(27)25(16)9-12)10-28-11-17(26)24-14-5-3-13(4-6-14)19(20,21)22/h2-9H,10-11H2,1H3,(H,24,26). The first-order chi connectivity index (χ1) is 13.2. The summed E-state index contributed by atoms with van der Waals surface area (Å²) in [6, 6.07) is 9.28. The van der Waals surface area contributed by atoms with Crippen LogP contribution in [0.15, 0.2) is 53.5 Å². The summed E-state index contributed by atoms with van der Waals surface area (Å²) in [4.78, 5) is 28.5. The van der Waals surface area contributed by atoms with E-state index >= 15 is 0 Å². The maximum Gasteiger partial charge on any atom is 0.416 e. The van der Waals surface area contributed by atoms with Crippen molar-refractivity contribution in [2.45, 2.75) is 18.9 Å². The molecule has 0 aliphatic heterocycles. The molecule has 0 aliphatic carbocycles. The quantitative estimate of drug-likeness (QED) is 0.697. The SMILES string of the molecule is Cc1ccc2nc(CSCC(=O)Nc3ccc(C(F)(F)F)cc3)cc(=O)n2c1. The number of aryl methyl sites for hydroxylation is 1. The van der Waals surface area contributed by atoms with Crippen LogP contribution in [0.2, 0.25) is 0 Å². The van der Waals surface area contributed by atoms with Crippen LogP contribution >= 0.6 is 11.8 Å². The number of nitrogens with one attached hydrogen (secondary N) is 1. The van der Waals surface area contributed by atoms with Crippen molar-refractivity contribution in [2.75, 3.05) is 11.1 Å². The highest BCUT2D eigenvalue weighted by Crippen LogP contribution is 2.29. The molecule has 2 heterocycles. The van der Waals surface area contributed by atoms with Crippen LogP contribution in [0.1, 0.15) is 16.8 Å². The van der Waals surface area contributed by atoms with E-state index in [4.69, 9.17) is 0 Å². The number of thioether (sulfide) groups is 1. The summed E-state index contributed by atoms with van der Waals surface area (Å²) in [5.41, 5.74) is 1.35. The number of fused-ring (bicyclic) bond motifs is 1. The molecule has 1 aromatic carbocycles. The second-order valence-corrected chi connectivity index (χ2v) is 7.12. The molecule has 0 saturated carbocycles. The molecule has 0 aliphatic rings. The van der Waals surface area contributed by atoms with Crippen molar-refractivity contribution in [1.29, 1.82) is 0 Å². The van der Waals surface area contributed by atoms with Crippen molar-refractivity contribution < 1.29 is 18.0 Å². The molecule has 146 valence electrons. The molecule has 0 saturated heterocycles. The Morgan fingerprint density at radius 1 is 1.18 bits per heavy atom. The Balaban J connectivity index is 1.56. The van der Waals surface area contributed by atoms with Gasteiger partial charge in [-0.05, 0) is 42.8 Å². The van der Waals surface area contributed by atoms with E-state index in [0.29, 0.717) is 17.1 Å². The number of benzene rings is 1. The lowest BCUT2D eigenvalue weighted by atomic mass is 10.2. The summed E-state index contributed by atoms with van der Waals surface area (Å²) in [6.45, 7) is 1.88. The van der Waals surface area contributed by atoms with Gasteiger partial charge < -0.3 is 5.32 Å². The van der Waals surface area contributed by atoms with Crippen molar-refractivity contribution in [3.63, 3.8) is 0 Å². The van der Waals surface area contributed by atoms with E-state index in [1.165, 1.54) is 34.4 Å². The molecule has 0 fully saturated rings. The molecule has 28 heavy (non-hydrogen) atoms. The number of rotatable bonds is 5. The monoisotopic (exact) mass is 407 g/mol. The zero-order valence-corrected chi connectivity index (χ0v) is 15.6. The number of hydrogen-bond acceptors (Lipinski definition) is 4. The normalized spacial score (nSPS) is 11.6. The molecule has 9 heteroatoms. The number of pyridine rings is 1. The third kappa shape index (κ3) is 4.92. The lowest BCUT2D eigenvalue weighted by Crippen LogP contribution is -2.16. The number of alkyl halides is 3. The van der Waals surface area contributed by atoms with E-state index in [2.05, 4.69) is 10.3 Å². The smallest absolute Gasteiger partial charge is 0.325 e. The van der Waals surface area contributed by atoms with E-state index in [9.17, 15) is 22.8 Å². The molecule has 0 atom stereocenters. The van der Waals surface area contributed by atoms with E-state index in [1.54, 1.807) is 12.3 Å². The predicted molar refractivity (Wildman–Crippen MR) is 102 cm³/mol. The summed E-state index contributed by atoms with van der Waals surface area (Å²) < 4.78 is 39.1. The third-order valence-electron chi connectivity index (χ3n) is 3.84. The van der Waals surface area contributed by atoms with E-state index in [0.717, 1.165) is 17.7 Å². The third-order valence-corrected chi connectivity index (χ3v) is 4.81. The lowest BCUT2D eigenvalue weighted by Gasteiger charge is -2.09. The largest absolute Gasteiger partial charge is 0.416 e. The zero-order chi connectivity index (χ0) is 20.3. The van der Waals surface area contributed by atoms with Gasteiger partial charge in [0.2, 0.25) is 5.91 Å². The van der Waals surface area contributed by atoms with E-state index in [1.807, 2.05) is 13.0 Å². The summed E-state index contributed by atoms with van der Waals surface area (Å²) in [5, 5.41) is 2.54. The highest BCUT2D eigenvalue weighted by atomic mass is 32.2. The van der Waals surface area contributed by atoms with Crippen LogP contribution in [-0.4, -0.2) is 21.0 Å². The fourth-order valence-electron chi connectivity index (χ4n) is 2.52. The Kier molecular flexibility index (Phi) is 5.73. The van der Waals surface area contributed by atoms with E-state index < -0.39 is 11.7 Å². The number of aromatic nitrogens is 2. The first kappa shape index (κ1) is 19.9. The second-order valence-electron chi connectivity index (χ2n) is 6.14. The summed E-state index contributed by atoms with van der Waals surface area (Å²) in [5.74, 6) is 0.0913. The molecule has 3 rings (SSSR count). The van der Waals surface area contributed by atoms with E-state index in [-0.39, 0.29) is 22.9 Å². The average Bonchev–Trinajstić information content (AvgIpc) is 2.62. The minimum atomic E-state index is -4.41. The number of anilines is 1. The van der Waals surface area contributed by atoms with Crippen LogP contribution in [0, 0.1) is 6.92 Å². The minimum absolute atomic E-state index is 0.0793. The number of nitrogens with zero attached hydrogens (tertiary/aromatic N) is 2. The van der Waals surface area contributed by atoms with Gasteiger partial charge in [0, 0.05) is 23.7 Å². The van der Waals surface area contributed by atoms with Crippen molar-refractivity contribution in [1.82, 2.24) is 9.38 Å². The van der Waals surface area contributed by atoms with Crippen molar-refractivity contribution in [3.8, 4) is 0 Å². The average molecular weight is 407 g/mol. The molecule has 0 unspecified atom stereocenters. The van der Waals surface area contributed by atoms with Gasteiger partial charge in [-0.25, -0.2) is 4.98 Å². The van der Waals surface area contributed by atoms with Gasteiger partial charge in [-0.1, -0.05) is 6.07 Å². The summed E-state index contributed by atoms with van der Waals surface area (Å²) in [6.07, 6.45) is -2.71. The van der Waals surface area contributed by atoms with Gasteiger partial charge >= 0.3 is 6.18 Å². The Bertz CT molecular complexity index is 1060. The van der Waals surface area contributed by atoms with Crippen LogP contribution in [0.3, 0.4) is 0 Å². The maximum atomic E-state index is 12.5. The number of hydrogen-bond donors (Lipinski definition) is 1. The first-order valence-electron chi connectivity index (χ1n) is 8.26. The van der Waals surface area contributed by atoms with Gasteiger partial charge in [-0.3, -0.25) is 14.0 Å². The number of carbonyl (C=O) groups is 1. The van der Waals surface area contributed by atoms with Gasteiger partial charge in [0.1, 0.15) is 5.65 Å². The van der Waals surface area contributed by atoms with Crippen molar-refractivity contribution >= 4 is 29.0 Å². The Morgan fingerprint density at radius 2 is 1.89 bits per heavy atom. The van der Waals surface area contributed by atoms with Crippen molar-refractivity contribution in [2.24, 2.45) is 0 Å². The summed E-state index contributed by atoms with van der Waals surface area (Å²) >= 11 is 1.26. The zero-order valence-electron chi connectivity index (χ0n) is 14.8. The highest BCUT2D eigenvalue weighted by Gasteiger charge is 2.29. The maximum absolute atomic E-state index is 12.5. The minimum Gasteiger partial charge on any atom is -0.325 e. The van der Waals surface area contributed by atoms with Gasteiger partial charge in [0.25, 0.3) is 5.56 Å². The molecule has 1 N–H and O–H groups in total. The van der Waals surface area contributed by atoms with Crippen LogP contribution in [-0.2, 0) is 16.7 Å². The predicted octanol–water partition coefficient (Wildman–Crippen LogP) is 3.89. The van der Waals surface area contributed by atoms with Crippen LogP contribution in [0.25, 0.3) is 5.65 Å². The fraction of sp³-hybridized carbons (Fsp3) is 0.211. The molecule has 3 aromatic rings. The molecular weight excluding hydrogens is 391 g/mol. The molecule has 2 aromatic heterocycles. The topological polar surface area (TPSA) is 63.5 Å². The van der Waals surface area contributed by atoms with Gasteiger partial charge in [0.05, 0.1) is 17.0 Å².